The average molecular weight is 829 g/mol. The minimum absolute atomic E-state index is 0.0369. The lowest BCUT2D eigenvalue weighted by Gasteiger charge is -2.18. The molecule has 0 radical (unpaired) electrons. The van der Waals surface area contributed by atoms with Crippen LogP contribution < -0.4 is 0 Å². The molecule has 0 rings (SSSR count). The van der Waals surface area contributed by atoms with Gasteiger partial charge in [-0.2, -0.15) is 0 Å². The fourth-order valence-corrected chi connectivity index (χ4v) is 5.94. The van der Waals surface area contributed by atoms with Crippen LogP contribution >= 0.6 is 0 Å². The number of carbonyl (C=O) groups excluding carboxylic acids is 2. The Morgan fingerprint density at radius 3 is 1.23 bits per heavy atom. The number of ether oxygens (including phenoxy) is 3. The Bertz CT molecular complexity index is 1260. The zero-order valence-electron chi connectivity index (χ0n) is 38.7. The van der Waals surface area contributed by atoms with E-state index in [1.54, 1.807) is 0 Å². The summed E-state index contributed by atoms with van der Waals surface area (Å²) in [7, 11) is 0. The zero-order valence-corrected chi connectivity index (χ0v) is 38.7. The van der Waals surface area contributed by atoms with Gasteiger partial charge in [0.05, 0.1) is 6.61 Å². The normalized spacial score (nSPS) is 13.3. The molecule has 0 aromatic carbocycles. The van der Waals surface area contributed by atoms with E-state index in [9.17, 15) is 9.59 Å². The molecule has 0 spiro atoms. The topological polar surface area (TPSA) is 61.8 Å². The van der Waals surface area contributed by atoms with Crippen LogP contribution in [0.15, 0.2) is 122 Å². The molecule has 1 unspecified atom stereocenters. The monoisotopic (exact) mass is 829 g/mol. The fraction of sp³-hybridized carbons (Fsp3) is 0.600. The Morgan fingerprint density at radius 1 is 0.383 bits per heavy atom. The number of unbranched alkanes of at least 4 members (excludes halogenated alkanes) is 11. The number of carbonyl (C=O) groups is 2. The van der Waals surface area contributed by atoms with Crippen molar-refractivity contribution >= 4 is 11.9 Å². The molecular weight excluding hydrogens is 741 g/mol. The van der Waals surface area contributed by atoms with Crippen LogP contribution in [0.25, 0.3) is 0 Å². The standard InChI is InChI=1S/C55H88O5/c1-4-7-10-13-16-19-22-25-27-29-32-35-38-41-44-47-50-58-51-53(60-55(57)49-46-43-40-37-34-30-24-21-18-15-12-9-6-3)52-59-54(56)48-45-42-39-36-33-31-28-26-23-20-17-14-11-8-5-2/h7-8,10-12,15-17,19-21,24-28,32-33,35-36,53H,4-6,9,13-14,18,22-23,29-31,34,37-52H2,1-3H3/b10-7-,11-8-,15-12-,19-16-,20-17-,24-21-,27-25-,28-26-,35-32-,36-33-. The molecule has 0 aliphatic rings. The van der Waals surface area contributed by atoms with Crippen molar-refractivity contribution in [2.75, 3.05) is 19.8 Å². The van der Waals surface area contributed by atoms with Gasteiger partial charge in [-0.3, -0.25) is 9.59 Å². The van der Waals surface area contributed by atoms with E-state index in [-0.39, 0.29) is 25.2 Å². The Kier molecular flexibility index (Phi) is 46.6. The molecule has 0 saturated heterocycles. The molecule has 0 bridgehead atoms. The summed E-state index contributed by atoms with van der Waals surface area (Å²) in [4.78, 5) is 25.3. The molecule has 0 N–H and O–H groups in total. The first-order valence-corrected chi connectivity index (χ1v) is 24.1. The largest absolute Gasteiger partial charge is 0.462 e. The highest BCUT2D eigenvalue weighted by molar-refractivity contribution is 5.70. The summed E-state index contributed by atoms with van der Waals surface area (Å²) in [5.74, 6) is -0.491. The minimum atomic E-state index is -0.584. The van der Waals surface area contributed by atoms with Crippen LogP contribution in [0.1, 0.15) is 188 Å². The lowest BCUT2D eigenvalue weighted by Crippen LogP contribution is -2.30. The van der Waals surface area contributed by atoms with Crippen LogP contribution in [0, 0.1) is 0 Å². The Labute approximate surface area is 369 Å². The number of allylic oxidation sites excluding steroid dienone is 20. The van der Waals surface area contributed by atoms with Gasteiger partial charge in [0.15, 0.2) is 6.10 Å². The third kappa shape index (κ3) is 47.0. The summed E-state index contributed by atoms with van der Waals surface area (Å²) < 4.78 is 17.3. The van der Waals surface area contributed by atoms with Crippen LogP contribution in [-0.2, 0) is 23.8 Å². The van der Waals surface area contributed by atoms with Crippen molar-refractivity contribution < 1.29 is 23.8 Å². The van der Waals surface area contributed by atoms with Crippen LogP contribution in [0.5, 0.6) is 0 Å². The van der Waals surface area contributed by atoms with Crippen molar-refractivity contribution in [3.05, 3.63) is 122 Å². The smallest absolute Gasteiger partial charge is 0.306 e. The summed E-state index contributed by atoms with van der Waals surface area (Å²) in [6.45, 7) is 7.38. The van der Waals surface area contributed by atoms with Gasteiger partial charge in [0.25, 0.3) is 0 Å². The van der Waals surface area contributed by atoms with Crippen molar-refractivity contribution in [3.8, 4) is 0 Å². The number of esters is 2. The van der Waals surface area contributed by atoms with Crippen molar-refractivity contribution in [3.63, 3.8) is 0 Å². The van der Waals surface area contributed by atoms with Crippen LogP contribution in [0.4, 0.5) is 0 Å². The predicted molar refractivity (Wildman–Crippen MR) is 260 cm³/mol. The second-order valence-electron chi connectivity index (χ2n) is 15.2. The fourth-order valence-electron chi connectivity index (χ4n) is 5.94. The minimum Gasteiger partial charge on any atom is -0.462 e. The van der Waals surface area contributed by atoms with Crippen LogP contribution in [0.2, 0.25) is 0 Å². The third-order valence-corrected chi connectivity index (χ3v) is 9.44. The molecule has 0 aromatic heterocycles. The summed E-state index contributed by atoms with van der Waals surface area (Å²) in [6, 6.07) is 0. The maximum atomic E-state index is 12.8. The van der Waals surface area contributed by atoms with Crippen LogP contribution in [-0.4, -0.2) is 37.9 Å². The molecular formula is C55H88O5. The summed E-state index contributed by atoms with van der Waals surface area (Å²) in [5.41, 5.74) is 0. The van der Waals surface area contributed by atoms with E-state index in [0.717, 1.165) is 135 Å². The highest BCUT2D eigenvalue weighted by atomic mass is 16.6. The first-order chi connectivity index (χ1) is 29.6. The highest BCUT2D eigenvalue weighted by Gasteiger charge is 2.17. The van der Waals surface area contributed by atoms with Crippen molar-refractivity contribution in [2.45, 2.75) is 194 Å². The quantitative estimate of drug-likeness (QED) is 0.0348. The molecule has 5 heteroatoms. The maximum absolute atomic E-state index is 12.8. The molecule has 0 aliphatic heterocycles. The van der Waals surface area contributed by atoms with E-state index in [1.807, 2.05) is 0 Å². The molecule has 338 valence electrons. The van der Waals surface area contributed by atoms with E-state index in [2.05, 4.69) is 142 Å². The molecule has 0 fully saturated rings. The molecule has 0 aromatic rings. The molecule has 0 amide bonds. The van der Waals surface area contributed by atoms with Gasteiger partial charge < -0.3 is 14.2 Å². The second kappa shape index (κ2) is 49.7. The predicted octanol–water partition coefficient (Wildman–Crippen LogP) is 16.2. The Hall–Kier alpha value is -3.70. The molecule has 1 atom stereocenters. The Morgan fingerprint density at radius 2 is 0.750 bits per heavy atom. The van der Waals surface area contributed by atoms with Crippen molar-refractivity contribution in [2.24, 2.45) is 0 Å². The first kappa shape index (κ1) is 56.3. The number of rotatable bonds is 42. The van der Waals surface area contributed by atoms with Gasteiger partial charge in [-0.25, -0.2) is 0 Å². The third-order valence-electron chi connectivity index (χ3n) is 9.44. The van der Waals surface area contributed by atoms with Crippen molar-refractivity contribution in [1.29, 1.82) is 0 Å². The SMILES string of the molecule is CC/C=C\C/C=C\C/C=C\C/C=C\CCCCCOCC(COC(=O)CCCC/C=C\C/C=C\C/C=C\C/C=C\CC)OC(=O)CCCCCCC/C=C\C/C=C\CCC. The molecule has 0 heterocycles. The second-order valence-corrected chi connectivity index (χ2v) is 15.2. The zero-order chi connectivity index (χ0) is 43.5. The Balaban J connectivity index is 4.45. The van der Waals surface area contributed by atoms with E-state index < -0.39 is 6.10 Å². The van der Waals surface area contributed by atoms with Crippen molar-refractivity contribution in [1.82, 2.24) is 0 Å². The summed E-state index contributed by atoms with van der Waals surface area (Å²) in [5, 5.41) is 0. The van der Waals surface area contributed by atoms with Gasteiger partial charge in [0.1, 0.15) is 6.61 Å². The van der Waals surface area contributed by atoms with Crippen LogP contribution in [0.3, 0.4) is 0 Å². The van der Waals surface area contributed by atoms with E-state index in [1.165, 1.54) is 19.3 Å². The molecule has 0 saturated carbocycles. The number of hydrogen-bond donors (Lipinski definition) is 0. The first-order valence-electron chi connectivity index (χ1n) is 24.1. The summed E-state index contributed by atoms with van der Waals surface area (Å²) in [6.07, 6.45) is 69.2. The molecule has 0 aliphatic carbocycles. The maximum Gasteiger partial charge on any atom is 0.306 e. The van der Waals surface area contributed by atoms with E-state index in [4.69, 9.17) is 14.2 Å². The number of hydrogen-bond acceptors (Lipinski definition) is 5. The van der Waals surface area contributed by atoms with E-state index in [0.29, 0.717) is 19.4 Å². The molecule has 5 nitrogen and oxygen atoms in total. The highest BCUT2D eigenvalue weighted by Crippen LogP contribution is 2.11. The van der Waals surface area contributed by atoms with Gasteiger partial charge >= 0.3 is 11.9 Å². The van der Waals surface area contributed by atoms with Gasteiger partial charge in [0.2, 0.25) is 0 Å². The summed E-state index contributed by atoms with van der Waals surface area (Å²) >= 11 is 0. The molecule has 60 heavy (non-hydrogen) atoms. The van der Waals surface area contributed by atoms with Gasteiger partial charge in [-0.1, -0.05) is 174 Å². The lowest BCUT2D eigenvalue weighted by atomic mass is 10.1. The average Bonchev–Trinajstić information content (AvgIpc) is 3.25. The van der Waals surface area contributed by atoms with Gasteiger partial charge in [0, 0.05) is 19.4 Å². The van der Waals surface area contributed by atoms with E-state index >= 15 is 0 Å². The lowest BCUT2D eigenvalue weighted by molar-refractivity contribution is -0.163. The van der Waals surface area contributed by atoms with Gasteiger partial charge in [-0.15, -0.1) is 0 Å². The van der Waals surface area contributed by atoms with Gasteiger partial charge in [-0.05, 0) is 122 Å².